The zero-order valence-electron chi connectivity index (χ0n) is 16.1. The third-order valence-corrected chi connectivity index (χ3v) is 5.07. The van der Waals surface area contributed by atoms with E-state index in [1.807, 2.05) is 42.5 Å². The van der Waals surface area contributed by atoms with Gasteiger partial charge < -0.3 is 9.26 Å². The highest BCUT2D eigenvalue weighted by atomic mass is 35.5. The van der Waals surface area contributed by atoms with Crippen molar-refractivity contribution in [3.63, 3.8) is 0 Å². The molecule has 3 aromatic carbocycles. The van der Waals surface area contributed by atoms with Crippen LogP contribution in [0.15, 0.2) is 65.2 Å². The summed E-state index contributed by atoms with van der Waals surface area (Å²) in [5, 5.41) is 4.50. The Morgan fingerprint density at radius 3 is 2.47 bits per heavy atom. The molecule has 1 aromatic heterocycles. The van der Waals surface area contributed by atoms with E-state index in [1.165, 1.54) is 13.2 Å². The molecule has 0 bridgehead atoms. The lowest BCUT2D eigenvalue weighted by Gasteiger charge is -2.07. The maximum Gasteiger partial charge on any atom is 0.340 e. The van der Waals surface area contributed by atoms with Crippen molar-refractivity contribution in [3.05, 3.63) is 82.6 Å². The summed E-state index contributed by atoms with van der Waals surface area (Å²) in [5.74, 6) is -0.963. The number of hydrogen-bond donors (Lipinski definition) is 0. The molecule has 0 amide bonds. The second-order valence-corrected chi connectivity index (χ2v) is 6.98. The van der Waals surface area contributed by atoms with Gasteiger partial charge in [0.1, 0.15) is 5.82 Å². The average molecular weight is 423 g/mol. The molecule has 150 valence electrons. The summed E-state index contributed by atoms with van der Waals surface area (Å²) in [4.78, 5) is 16.0. The standard InChI is InChI=1S/C23H16ClFN2O3/c1-13-16(10-11-18(20(13)25)23(28)29-2)21-26-22(30-27-21)15-8-9-17(19(24)12-15)14-6-4-3-5-7-14/h3-12H,1-2H3. The number of halogens is 2. The summed E-state index contributed by atoms with van der Waals surface area (Å²) in [6.45, 7) is 1.54. The van der Waals surface area contributed by atoms with Crippen molar-refractivity contribution in [2.24, 2.45) is 0 Å². The van der Waals surface area contributed by atoms with Crippen LogP contribution >= 0.6 is 11.6 Å². The molecule has 0 aliphatic carbocycles. The van der Waals surface area contributed by atoms with Crippen molar-refractivity contribution in [1.29, 1.82) is 0 Å². The Balaban J connectivity index is 1.68. The number of aromatic nitrogens is 2. The molecule has 0 aliphatic rings. The maximum absolute atomic E-state index is 14.6. The molecule has 5 nitrogen and oxygen atoms in total. The molecule has 0 aliphatic heterocycles. The van der Waals surface area contributed by atoms with Gasteiger partial charge in [-0.2, -0.15) is 4.98 Å². The van der Waals surface area contributed by atoms with Gasteiger partial charge in [0.15, 0.2) is 0 Å². The Labute approximate surface area is 177 Å². The van der Waals surface area contributed by atoms with E-state index in [0.717, 1.165) is 11.1 Å². The third kappa shape index (κ3) is 3.57. The van der Waals surface area contributed by atoms with E-state index in [4.69, 9.17) is 16.1 Å². The van der Waals surface area contributed by atoms with Crippen molar-refractivity contribution < 1.29 is 18.4 Å². The molecular weight excluding hydrogens is 407 g/mol. The first kappa shape index (κ1) is 19.8. The van der Waals surface area contributed by atoms with Gasteiger partial charge in [0, 0.05) is 21.7 Å². The predicted molar refractivity (Wildman–Crippen MR) is 112 cm³/mol. The molecule has 1 heterocycles. The van der Waals surface area contributed by atoms with E-state index >= 15 is 0 Å². The molecule has 30 heavy (non-hydrogen) atoms. The second-order valence-electron chi connectivity index (χ2n) is 6.58. The van der Waals surface area contributed by atoms with Crippen molar-refractivity contribution in [2.45, 2.75) is 6.92 Å². The summed E-state index contributed by atoms with van der Waals surface area (Å²) >= 11 is 6.46. The number of nitrogens with zero attached hydrogens (tertiary/aromatic N) is 2. The van der Waals surface area contributed by atoms with Crippen molar-refractivity contribution in [3.8, 4) is 34.0 Å². The van der Waals surface area contributed by atoms with Gasteiger partial charge in [-0.15, -0.1) is 0 Å². The number of methoxy groups -OCH3 is 1. The van der Waals surface area contributed by atoms with Gasteiger partial charge in [0.2, 0.25) is 5.82 Å². The van der Waals surface area contributed by atoms with Gasteiger partial charge in [0.05, 0.1) is 12.7 Å². The fourth-order valence-electron chi connectivity index (χ4n) is 3.15. The highest BCUT2D eigenvalue weighted by Gasteiger charge is 2.20. The van der Waals surface area contributed by atoms with Gasteiger partial charge >= 0.3 is 5.97 Å². The van der Waals surface area contributed by atoms with Gasteiger partial charge in [0.25, 0.3) is 5.89 Å². The van der Waals surface area contributed by atoms with Gasteiger partial charge in [-0.1, -0.05) is 53.2 Å². The fraction of sp³-hybridized carbons (Fsp3) is 0.0870. The minimum atomic E-state index is -0.746. The lowest BCUT2D eigenvalue weighted by atomic mass is 10.0. The van der Waals surface area contributed by atoms with Crippen LogP contribution in [0.1, 0.15) is 15.9 Å². The van der Waals surface area contributed by atoms with E-state index in [1.54, 1.807) is 19.1 Å². The number of ether oxygens (including phenoxy) is 1. The van der Waals surface area contributed by atoms with Gasteiger partial charge in [-0.3, -0.25) is 0 Å². The fourth-order valence-corrected chi connectivity index (χ4v) is 3.43. The molecule has 0 saturated heterocycles. The Morgan fingerprint density at radius 2 is 1.77 bits per heavy atom. The Bertz CT molecular complexity index is 1240. The van der Waals surface area contributed by atoms with Crippen LogP contribution in [0.4, 0.5) is 4.39 Å². The highest BCUT2D eigenvalue weighted by molar-refractivity contribution is 6.33. The Kier molecular flexibility index (Phi) is 5.33. The molecule has 0 spiro atoms. The molecule has 4 aromatic rings. The van der Waals surface area contributed by atoms with E-state index in [9.17, 15) is 9.18 Å². The zero-order chi connectivity index (χ0) is 21.3. The quantitative estimate of drug-likeness (QED) is 0.380. The van der Waals surface area contributed by atoms with Gasteiger partial charge in [-0.05, 0) is 42.3 Å². The van der Waals surface area contributed by atoms with Crippen molar-refractivity contribution in [1.82, 2.24) is 10.1 Å². The molecule has 0 unspecified atom stereocenters. The van der Waals surface area contributed by atoms with Crippen LogP contribution in [-0.4, -0.2) is 23.2 Å². The zero-order valence-corrected chi connectivity index (χ0v) is 16.9. The summed E-state index contributed by atoms with van der Waals surface area (Å²) in [6.07, 6.45) is 0. The molecule has 0 N–H and O–H groups in total. The lowest BCUT2D eigenvalue weighted by molar-refractivity contribution is 0.0595. The smallest absolute Gasteiger partial charge is 0.340 e. The Morgan fingerprint density at radius 1 is 1.03 bits per heavy atom. The molecule has 0 fully saturated rings. The van der Waals surface area contributed by atoms with Crippen molar-refractivity contribution >= 4 is 17.6 Å². The number of esters is 1. The number of carbonyl (C=O) groups excluding carboxylic acids is 1. The minimum Gasteiger partial charge on any atom is -0.465 e. The minimum absolute atomic E-state index is 0.147. The van der Waals surface area contributed by atoms with Crippen LogP contribution in [0.25, 0.3) is 34.0 Å². The van der Waals surface area contributed by atoms with E-state index < -0.39 is 11.8 Å². The van der Waals surface area contributed by atoms with E-state index in [-0.39, 0.29) is 22.8 Å². The van der Waals surface area contributed by atoms with Crippen LogP contribution in [0.3, 0.4) is 0 Å². The first-order valence-corrected chi connectivity index (χ1v) is 9.44. The Hall–Kier alpha value is -3.51. The molecule has 0 radical (unpaired) electrons. The van der Waals surface area contributed by atoms with Crippen LogP contribution < -0.4 is 0 Å². The van der Waals surface area contributed by atoms with Crippen LogP contribution in [0.2, 0.25) is 5.02 Å². The normalized spacial score (nSPS) is 10.8. The average Bonchev–Trinajstić information content (AvgIpc) is 3.25. The van der Waals surface area contributed by atoms with Crippen molar-refractivity contribution in [2.75, 3.05) is 7.11 Å². The summed E-state index contributed by atoms with van der Waals surface area (Å²) in [6, 6.07) is 18.1. The topological polar surface area (TPSA) is 65.2 Å². The molecule has 0 saturated carbocycles. The summed E-state index contributed by atoms with van der Waals surface area (Å²) in [7, 11) is 1.20. The largest absolute Gasteiger partial charge is 0.465 e. The van der Waals surface area contributed by atoms with Crippen LogP contribution in [0, 0.1) is 12.7 Å². The first-order chi connectivity index (χ1) is 14.5. The highest BCUT2D eigenvalue weighted by Crippen LogP contribution is 2.33. The molecule has 4 rings (SSSR count). The van der Waals surface area contributed by atoms with E-state index in [0.29, 0.717) is 16.1 Å². The second kappa shape index (κ2) is 8.08. The summed E-state index contributed by atoms with van der Waals surface area (Å²) in [5.41, 5.74) is 3.02. The number of carbonyl (C=O) groups is 1. The number of rotatable bonds is 4. The first-order valence-electron chi connectivity index (χ1n) is 9.06. The van der Waals surface area contributed by atoms with Crippen LogP contribution in [-0.2, 0) is 4.74 Å². The van der Waals surface area contributed by atoms with E-state index in [2.05, 4.69) is 14.9 Å². The maximum atomic E-state index is 14.6. The monoisotopic (exact) mass is 422 g/mol. The third-order valence-electron chi connectivity index (χ3n) is 4.76. The van der Waals surface area contributed by atoms with Gasteiger partial charge in [-0.25, -0.2) is 9.18 Å². The molecule has 0 atom stereocenters. The number of benzene rings is 3. The summed E-state index contributed by atoms with van der Waals surface area (Å²) < 4.78 is 24.5. The molecule has 7 heteroatoms. The molecular formula is C23H16ClFN2O3. The van der Waals surface area contributed by atoms with Crippen LogP contribution in [0.5, 0.6) is 0 Å². The number of hydrogen-bond acceptors (Lipinski definition) is 5. The SMILES string of the molecule is COC(=O)c1ccc(-c2noc(-c3ccc(-c4ccccc4)c(Cl)c3)n2)c(C)c1F. The predicted octanol–water partition coefficient (Wildman–Crippen LogP) is 5.96. The lowest BCUT2D eigenvalue weighted by Crippen LogP contribution is -2.06.